The molecular formula is C18H12N4. The van der Waals surface area contributed by atoms with E-state index in [2.05, 4.69) is 19.9 Å². The molecule has 3 heterocycles. The van der Waals surface area contributed by atoms with Gasteiger partial charge in [-0.05, 0) is 36.4 Å². The Morgan fingerprint density at radius 3 is 1.36 bits per heavy atom. The van der Waals surface area contributed by atoms with Crippen molar-refractivity contribution in [1.82, 2.24) is 19.9 Å². The molecule has 0 spiro atoms. The summed E-state index contributed by atoms with van der Waals surface area (Å²) in [6, 6.07) is 15.8. The van der Waals surface area contributed by atoms with E-state index < -0.39 is 0 Å². The molecule has 0 radical (unpaired) electrons. The van der Waals surface area contributed by atoms with Gasteiger partial charge in [-0.2, -0.15) is 0 Å². The fraction of sp³-hybridized carbons (Fsp3) is 0. The number of aromatic nitrogens is 4. The van der Waals surface area contributed by atoms with Gasteiger partial charge in [0, 0.05) is 35.9 Å². The molecule has 4 aromatic rings. The number of pyridine rings is 2. The zero-order valence-electron chi connectivity index (χ0n) is 11.7. The van der Waals surface area contributed by atoms with Crippen LogP contribution in [0.3, 0.4) is 0 Å². The fourth-order valence-corrected chi connectivity index (χ4v) is 2.51. The van der Waals surface area contributed by atoms with Crippen LogP contribution in [0.25, 0.3) is 33.5 Å². The Kier molecular flexibility index (Phi) is 3.05. The maximum absolute atomic E-state index is 4.51. The predicted octanol–water partition coefficient (Wildman–Crippen LogP) is 3.75. The van der Waals surface area contributed by atoms with Crippen LogP contribution in [-0.2, 0) is 0 Å². The highest BCUT2D eigenvalue weighted by Crippen LogP contribution is 2.31. The topological polar surface area (TPSA) is 51.6 Å². The van der Waals surface area contributed by atoms with E-state index in [1.807, 2.05) is 48.5 Å². The van der Waals surface area contributed by atoms with Gasteiger partial charge in [0.15, 0.2) is 0 Å². The first-order chi connectivity index (χ1) is 10.9. The maximum Gasteiger partial charge on any atom is 0.0987 e. The SMILES string of the molecule is c1ccc(-c2ccc(-c3ccccn3)c3nccnc23)nc1. The molecule has 0 N–H and O–H groups in total. The van der Waals surface area contributed by atoms with Gasteiger partial charge in [0.2, 0.25) is 0 Å². The first kappa shape index (κ1) is 12.6. The second-order valence-corrected chi connectivity index (χ2v) is 4.84. The molecule has 0 fully saturated rings. The van der Waals surface area contributed by atoms with Gasteiger partial charge >= 0.3 is 0 Å². The summed E-state index contributed by atoms with van der Waals surface area (Å²) in [5, 5.41) is 0. The van der Waals surface area contributed by atoms with Crippen LogP contribution in [0.4, 0.5) is 0 Å². The zero-order valence-corrected chi connectivity index (χ0v) is 11.7. The molecule has 4 heteroatoms. The summed E-state index contributed by atoms with van der Waals surface area (Å²) in [6.45, 7) is 0. The first-order valence-electron chi connectivity index (χ1n) is 7.00. The summed E-state index contributed by atoms with van der Waals surface area (Å²) < 4.78 is 0. The average Bonchev–Trinajstić information content (AvgIpc) is 2.62. The monoisotopic (exact) mass is 284 g/mol. The quantitative estimate of drug-likeness (QED) is 0.562. The molecule has 0 aliphatic heterocycles. The van der Waals surface area contributed by atoms with Crippen molar-refractivity contribution >= 4 is 11.0 Å². The van der Waals surface area contributed by atoms with Gasteiger partial charge in [0.1, 0.15) is 0 Å². The molecule has 3 aromatic heterocycles. The Hall–Kier alpha value is -3.14. The van der Waals surface area contributed by atoms with Crippen LogP contribution in [0.5, 0.6) is 0 Å². The summed E-state index contributed by atoms with van der Waals surface area (Å²) in [5.74, 6) is 0. The van der Waals surface area contributed by atoms with Gasteiger partial charge in [0.25, 0.3) is 0 Å². The molecule has 22 heavy (non-hydrogen) atoms. The summed E-state index contributed by atoms with van der Waals surface area (Å²) in [4.78, 5) is 17.9. The Balaban J connectivity index is 2.01. The first-order valence-corrected chi connectivity index (χ1v) is 7.00. The number of nitrogens with zero attached hydrogens (tertiary/aromatic N) is 4. The van der Waals surface area contributed by atoms with Crippen LogP contribution in [0, 0.1) is 0 Å². The Bertz CT molecular complexity index is 843. The molecule has 104 valence electrons. The number of rotatable bonds is 2. The van der Waals surface area contributed by atoms with Gasteiger partial charge < -0.3 is 0 Å². The van der Waals surface area contributed by atoms with Crippen molar-refractivity contribution in [3.63, 3.8) is 0 Å². The lowest BCUT2D eigenvalue weighted by Gasteiger charge is -2.09. The second-order valence-electron chi connectivity index (χ2n) is 4.84. The largest absolute Gasteiger partial charge is 0.256 e. The standard InChI is InChI=1S/C18H12N4/c1-3-9-19-15(5-1)13-7-8-14(16-6-2-4-10-20-16)18-17(13)21-11-12-22-18/h1-12H. The van der Waals surface area contributed by atoms with Crippen molar-refractivity contribution in [2.24, 2.45) is 0 Å². The molecule has 0 saturated carbocycles. The fourth-order valence-electron chi connectivity index (χ4n) is 2.51. The summed E-state index contributed by atoms with van der Waals surface area (Å²) in [5.41, 5.74) is 5.40. The lowest BCUT2D eigenvalue weighted by atomic mass is 10.0. The van der Waals surface area contributed by atoms with Crippen LogP contribution < -0.4 is 0 Å². The van der Waals surface area contributed by atoms with Gasteiger partial charge in [-0.25, -0.2) is 0 Å². The highest BCUT2D eigenvalue weighted by atomic mass is 14.8. The third kappa shape index (κ3) is 2.11. The highest BCUT2D eigenvalue weighted by Gasteiger charge is 2.12. The van der Waals surface area contributed by atoms with E-state index >= 15 is 0 Å². The molecule has 1 aromatic carbocycles. The maximum atomic E-state index is 4.51. The summed E-state index contributed by atoms with van der Waals surface area (Å²) >= 11 is 0. The van der Waals surface area contributed by atoms with Crippen molar-refractivity contribution in [2.45, 2.75) is 0 Å². The second kappa shape index (κ2) is 5.33. The smallest absolute Gasteiger partial charge is 0.0987 e. The van der Waals surface area contributed by atoms with E-state index in [1.165, 1.54) is 0 Å². The summed E-state index contributed by atoms with van der Waals surface area (Å²) in [6.07, 6.45) is 6.97. The Labute approximate surface area is 127 Å². The average molecular weight is 284 g/mol. The van der Waals surface area contributed by atoms with E-state index in [-0.39, 0.29) is 0 Å². The zero-order chi connectivity index (χ0) is 14.8. The van der Waals surface area contributed by atoms with E-state index in [0.29, 0.717) is 0 Å². The molecule has 0 aliphatic rings. The molecular weight excluding hydrogens is 272 g/mol. The van der Waals surface area contributed by atoms with E-state index in [1.54, 1.807) is 24.8 Å². The van der Waals surface area contributed by atoms with Crippen LogP contribution >= 0.6 is 0 Å². The van der Waals surface area contributed by atoms with Crippen molar-refractivity contribution in [3.05, 3.63) is 73.3 Å². The van der Waals surface area contributed by atoms with Gasteiger partial charge in [-0.1, -0.05) is 12.1 Å². The lowest BCUT2D eigenvalue weighted by Crippen LogP contribution is -1.93. The van der Waals surface area contributed by atoms with E-state index in [4.69, 9.17) is 0 Å². The molecule has 0 bridgehead atoms. The molecule has 4 nitrogen and oxygen atoms in total. The Morgan fingerprint density at radius 2 is 0.955 bits per heavy atom. The van der Waals surface area contributed by atoms with E-state index in [0.717, 1.165) is 33.5 Å². The molecule has 0 amide bonds. The van der Waals surface area contributed by atoms with Crippen LogP contribution in [-0.4, -0.2) is 19.9 Å². The van der Waals surface area contributed by atoms with Gasteiger partial charge in [-0.3, -0.25) is 19.9 Å². The van der Waals surface area contributed by atoms with Crippen LogP contribution in [0.1, 0.15) is 0 Å². The van der Waals surface area contributed by atoms with Crippen molar-refractivity contribution in [1.29, 1.82) is 0 Å². The van der Waals surface area contributed by atoms with Crippen molar-refractivity contribution in [2.75, 3.05) is 0 Å². The minimum atomic E-state index is 0.837. The lowest BCUT2D eigenvalue weighted by molar-refractivity contribution is 1.27. The molecule has 4 rings (SSSR count). The summed E-state index contributed by atoms with van der Waals surface area (Å²) in [7, 11) is 0. The van der Waals surface area contributed by atoms with E-state index in [9.17, 15) is 0 Å². The van der Waals surface area contributed by atoms with Crippen molar-refractivity contribution < 1.29 is 0 Å². The van der Waals surface area contributed by atoms with Gasteiger partial charge in [0.05, 0.1) is 22.4 Å². The van der Waals surface area contributed by atoms with Gasteiger partial charge in [-0.15, -0.1) is 0 Å². The number of fused-ring (bicyclic) bond motifs is 1. The Morgan fingerprint density at radius 1 is 0.455 bits per heavy atom. The molecule has 0 unspecified atom stereocenters. The highest BCUT2D eigenvalue weighted by molar-refractivity contribution is 5.98. The number of benzene rings is 1. The molecule has 0 atom stereocenters. The minimum absolute atomic E-state index is 0.837. The number of hydrogen-bond acceptors (Lipinski definition) is 4. The third-order valence-electron chi connectivity index (χ3n) is 3.51. The molecule has 0 aliphatic carbocycles. The predicted molar refractivity (Wildman–Crippen MR) is 86.0 cm³/mol. The van der Waals surface area contributed by atoms with Crippen molar-refractivity contribution in [3.8, 4) is 22.5 Å². The number of hydrogen-bond donors (Lipinski definition) is 0. The third-order valence-corrected chi connectivity index (χ3v) is 3.51. The van der Waals surface area contributed by atoms with Crippen LogP contribution in [0.2, 0.25) is 0 Å². The van der Waals surface area contributed by atoms with Crippen LogP contribution in [0.15, 0.2) is 73.3 Å². The minimum Gasteiger partial charge on any atom is -0.256 e. The normalized spacial score (nSPS) is 10.7. The molecule has 0 saturated heterocycles.